The monoisotopic (exact) mass is 203 g/mol. The number of rotatable bonds is 3. The topological polar surface area (TPSA) is 53.2 Å². The fourth-order valence-corrected chi connectivity index (χ4v) is 0.941. The molecule has 78 valence electrons. The van der Waals surface area contributed by atoms with Gasteiger partial charge < -0.3 is 5.32 Å². The number of terminal acetylenes is 1. The molecule has 1 rings (SSSR count). The molecule has 15 heavy (non-hydrogen) atoms. The van der Waals surface area contributed by atoms with Crippen LogP contribution in [-0.4, -0.2) is 12.6 Å². The van der Waals surface area contributed by atoms with E-state index in [9.17, 15) is 4.79 Å². The van der Waals surface area contributed by atoms with Crippen LogP contribution in [0.2, 0.25) is 0 Å². The van der Waals surface area contributed by atoms with Crippen LogP contribution >= 0.6 is 0 Å². The average molecular weight is 203 g/mol. The molecule has 0 aromatic heterocycles. The van der Waals surface area contributed by atoms with Gasteiger partial charge in [-0.1, -0.05) is 23.6 Å². The number of carbonyl (C=O) groups excluding carboxylic acids is 1. The van der Waals surface area contributed by atoms with Crippen LogP contribution in [0.1, 0.15) is 5.56 Å². The van der Waals surface area contributed by atoms with E-state index >= 15 is 0 Å². The Hall–Kier alpha value is -2.15. The molecule has 0 heterocycles. The highest BCUT2D eigenvalue weighted by Crippen LogP contribution is 2.06. The zero-order valence-corrected chi connectivity index (χ0v) is 8.50. The molecule has 4 nitrogen and oxygen atoms in total. The number of carbonyl (C=O) groups is 1. The van der Waals surface area contributed by atoms with Gasteiger partial charge in [-0.25, -0.2) is 4.79 Å². The largest absolute Gasteiger partial charge is 0.334 e. The minimum atomic E-state index is -0.353. The zero-order chi connectivity index (χ0) is 11.1. The van der Waals surface area contributed by atoms with Gasteiger partial charge in [0.15, 0.2) is 0 Å². The summed E-state index contributed by atoms with van der Waals surface area (Å²) in [5.41, 5.74) is 7.19. The highest BCUT2D eigenvalue weighted by Gasteiger charge is 1.96. The summed E-state index contributed by atoms with van der Waals surface area (Å²) < 4.78 is 0. The third kappa shape index (κ3) is 4.05. The van der Waals surface area contributed by atoms with E-state index in [-0.39, 0.29) is 12.6 Å². The Morgan fingerprint density at radius 3 is 2.67 bits per heavy atom. The summed E-state index contributed by atoms with van der Waals surface area (Å²) in [5, 5.41) is 2.47. The van der Waals surface area contributed by atoms with E-state index in [2.05, 4.69) is 22.1 Å². The summed E-state index contributed by atoms with van der Waals surface area (Å²) in [6.07, 6.45) is 4.99. The van der Waals surface area contributed by atoms with E-state index in [1.165, 1.54) is 0 Å². The Balaban J connectivity index is 2.34. The van der Waals surface area contributed by atoms with Gasteiger partial charge in [0.2, 0.25) is 0 Å². The highest BCUT2D eigenvalue weighted by atomic mass is 16.2. The molecule has 0 saturated heterocycles. The van der Waals surface area contributed by atoms with Crippen LogP contribution in [0.25, 0.3) is 0 Å². The third-order valence-electron chi connectivity index (χ3n) is 1.72. The molecule has 0 spiro atoms. The molecule has 0 unspecified atom stereocenters. The lowest BCUT2D eigenvalue weighted by atomic mass is 10.2. The maximum absolute atomic E-state index is 11.1. The second-order valence-electron chi connectivity index (χ2n) is 3.00. The average Bonchev–Trinajstić information content (AvgIpc) is 2.25. The normalized spacial score (nSPS) is 8.80. The summed E-state index contributed by atoms with van der Waals surface area (Å²) in [6.45, 7) is 2.21. The first-order chi connectivity index (χ1) is 7.22. The highest BCUT2D eigenvalue weighted by molar-refractivity contribution is 5.75. The van der Waals surface area contributed by atoms with Gasteiger partial charge in [0.25, 0.3) is 0 Å². The molecule has 0 aliphatic rings. The fourth-order valence-electron chi connectivity index (χ4n) is 0.941. The van der Waals surface area contributed by atoms with Crippen molar-refractivity contribution in [3.8, 4) is 12.3 Å². The SMILES string of the molecule is C#CCNC(=O)NNc1ccc(C)cc1. The number of nitrogens with one attached hydrogen (secondary N) is 3. The van der Waals surface area contributed by atoms with Gasteiger partial charge in [-0.05, 0) is 19.1 Å². The van der Waals surface area contributed by atoms with Crippen LogP contribution < -0.4 is 16.2 Å². The van der Waals surface area contributed by atoms with Gasteiger partial charge in [0.1, 0.15) is 0 Å². The molecular weight excluding hydrogens is 190 g/mol. The van der Waals surface area contributed by atoms with Crippen LogP contribution in [0.4, 0.5) is 10.5 Å². The van der Waals surface area contributed by atoms with Gasteiger partial charge in [-0.15, -0.1) is 6.42 Å². The minimum Gasteiger partial charge on any atom is -0.326 e. The van der Waals surface area contributed by atoms with Crippen molar-refractivity contribution < 1.29 is 4.79 Å². The number of hydrazine groups is 1. The molecule has 0 radical (unpaired) electrons. The van der Waals surface area contributed by atoms with Crippen LogP contribution in [0.5, 0.6) is 0 Å². The lowest BCUT2D eigenvalue weighted by molar-refractivity contribution is 0.244. The van der Waals surface area contributed by atoms with Gasteiger partial charge in [0, 0.05) is 0 Å². The van der Waals surface area contributed by atoms with E-state index in [0.29, 0.717) is 0 Å². The third-order valence-corrected chi connectivity index (χ3v) is 1.72. The van der Waals surface area contributed by atoms with Crippen molar-refractivity contribution >= 4 is 11.7 Å². The number of hydrogen-bond acceptors (Lipinski definition) is 2. The van der Waals surface area contributed by atoms with E-state index in [1.54, 1.807) is 0 Å². The molecule has 3 N–H and O–H groups in total. The fraction of sp³-hybridized carbons (Fsp3) is 0.182. The maximum atomic E-state index is 11.1. The first kappa shape index (κ1) is 10.9. The quantitative estimate of drug-likeness (QED) is 0.511. The van der Waals surface area contributed by atoms with Gasteiger partial charge in [0.05, 0.1) is 12.2 Å². The summed E-state index contributed by atoms with van der Waals surface area (Å²) in [5.74, 6) is 2.30. The van der Waals surface area contributed by atoms with Crippen molar-refractivity contribution in [3.63, 3.8) is 0 Å². The molecule has 0 fully saturated rings. The molecule has 2 amide bonds. The summed E-state index contributed by atoms with van der Waals surface area (Å²) >= 11 is 0. The molecule has 0 aliphatic carbocycles. The Bertz CT molecular complexity index is 364. The predicted molar refractivity (Wildman–Crippen MR) is 60.2 cm³/mol. The van der Waals surface area contributed by atoms with Gasteiger partial charge in [-0.3, -0.25) is 10.9 Å². The second-order valence-corrected chi connectivity index (χ2v) is 3.00. The first-order valence-electron chi connectivity index (χ1n) is 4.52. The summed E-state index contributed by atoms with van der Waals surface area (Å²) in [7, 11) is 0. The van der Waals surface area contributed by atoms with E-state index < -0.39 is 0 Å². The number of amides is 2. The molecule has 0 atom stereocenters. The van der Waals surface area contributed by atoms with E-state index in [0.717, 1.165) is 11.3 Å². The lowest BCUT2D eigenvalue weighted by Gasteiger charge is -2.08. The second kappa shape index (κ2) is 5.55. The van der Waals surface area contributed by atoms with E-state index in [1.807, 2.05) is 31.2 Å². The van der Waals surface area contributed by atoms with Crippen LogP contribution in [0.15, 0.2) is 24.3 Å². The Morgan fingerprint density at radius 1 is 1.40 bits per heavy atom. The van der Waals surface area contributed by atoms with Crippen LogP contribution in [0, 0.1) is 19.3 Å². The molecular formula is C11H13N3O. The van der Waals surface area contributed by atoms with Crippen molar-refractivity contribution in [2.75, 3.05) is 12.0 Å². The van der Waals surface area contributed by atoms with Crippen molar-refractivity contribution in [1.29, 1.82) is 0 Å². The smallest absolute Gasteiger partial charge is 0.326 e. The number of aryl methyl sites for hydroxylation is 1. The van der Waals surface area contributed by atoms with Crippen molar-refractivity contribution in [3.05, 3.63) is 29.8 Å². The Morgan fingerprint density at radius 2 is 2.07 bits per heavy atom. The summed E-state index contributed by atoms with van der Waals surface area (Å²) in [4.78, 5) is 11.1. The summed E-state index contributed by atoms with van der Waals surface area (Å²) in [6, 6.07) is 7.29. The van der Waals surface area contributed by atoms with Gasteiger partial charge >= 0.3 is 6.03 Å². The van der Waals surface area contributed by atoms with Gasteiger partial charge in [-0.2, -0.15) is 0 Å². The van der Waals surface area contributed by atoms with Crippen molar-refractivity contribution in [2.24, 2.45) is 0 Å². The predicted octanol–water partition coefficient (Wildman–Crippen LogP) is 1.25. The standard InChI is InChI=1S/C11H13N3O/c1-3-8-12-11(15)14-13-10-6-4-9(2)5-7-10/h1,4-7,13H,8H2,2H3,(H2,12,14,15). The van der Waals surface area contributed by atoms with Crippen LogP contribution in [0.3, 0.4) is 0 Å². The molecule has 0 bridgehead atoms. The number of urea groups is 1. The maximum Gasteiger partial charge on any atom is 0.334 e. The molecule has 1 aromatic rings. The molecule has 0 saturated carbocycles. The Kier molecular flexibility index (Phi) is 4.05. The number of hydrogen-bond donors (Lipinski definition) is 3. The van der Waals surface area contributed by atoms with E-state index in [4.69, 9.17) is 6.42 Å². The lowest BCUT2D eigenvalue weighted by Crippen LogP contribution is -2.39. The molecule has 0 aliphatic heterocycles. The molecule has 4 heteroatoms. The minimum absolute atomic E-state index is 0.210. The van der Waals surface area contributed by atoms with Crippen molar-refractivity contribution in [2.45, 2.75) is 6.92 Å². The Labute approximate surface area is 89.0 Å². The van der Waals surface area contributed by atoms with Crippen molar-refractivity contribution in [1.82, 2.24) is 10.7 Å². The van der Waals surface area contributed by atoms with Crippen LogP contribution in [-0.2, 0) is 0 Å². The number of anilines is 1. The molecule has 1 aromatic carbocycles. The number of benzene rings is 1. The first-order valence-corrected chi connectivity index (χ1v) is 4.52. The zero-order valence-electron chi connectivity index (χ0n) is 8.50.